The van der Waals surface area contributed by atoms with Crippen LogP contribution in [0.4, 0.5) is 0 Å². The minimum absolute atomic E-state index is 0. The average Bonchev–Trinajstić information content (AvgIpc) is 0. The van der Waals surface area contributed by atoms with Gasteiger partial charge < -0.3 is 21.9 Å². The molecule has 0 unspecified atom stereocenters. The van der Waals surface area contributed by atoms with Crippen molar-refractivity contribution in [2.75, 3.05) is 0 Å². The van der Waals surface area contributed by atoms with E-state index >= 15 is 0 Å². The fourth-order valence-corrected chi connectivity index (χ4v) is 0. The first-order chi connectivity index (χ1) is 0. The predicted octanol–water partition coefficient (Wildman–Crippen LogP) is -0.478. The van der Waals surface area contributed by atoms with Crippen molar-refractivity contribution in [1.82, 2.24) is 0 Å². The molecule has 0 atom stereocenters. The Balaban J connectivity index is 0. The van der Waals surface area contributed by atoms with Gasteiger partial charge in [-0.05, 0) is 0 Å². The summed E-state index contributed by atoms with van der Waals surface area (Å²) in [5.41, 5.74) is 0. The van der Waals surface area contributed by atoms with Gasteiger partial charge in [-0.15, -0.1) is 0 Å². The van der Waals surface area contributed by atoms with Crippen molar-refractivity contribution in [3.05, 3.63) is 0 Å². The molecule has 4 nitrogen and oxygen atoms in total. The molecule has 0 saturated heterocycles. The standard InChI is InChI=1S/4O.Re/q4*-2;. The van der Waals surface area contributed by atoms with Gasteiger partial charge in [-0.3, -0.25) is 0 Å². The summed E-state index contributed by atoms with van der Waals surface area (Å²) >= 11 is 0. The molecule has 0 aromatic rings. The Morgan fingerprint density at radius 3 is 0.400 bits per heavy atom. The van der Waals surface area contributed by atoms with E-state index in [0.717, 1.165) is 0 Å². The molecule has 0 N–H and O–H groups in total. The molecule has 0 rings (SSSR count). The van der Waals surface area contributed by atoms with Gasteiger partial charge in [0.05, 0.1) is 0 Å². The molecule has 5 heteroatoms. The zero-order valence-electron chi connectivity index (χ0n) is 2.01. The van der Waals surface area contributed by atoms with E-state index < -0.39 is 0 Å². The maximum Gasteiger partial charge on any atom is 0 e. The molecule has 39 valence electrons. The third-order valence-corrected chi connectivity index (χ3v) is 0. The van der Waals surface area contributed by atoms with Crippen molar-refractivity contribution in [2.45, 2.75) is 0 Å². The van der Waals surface area contributed by atoms with E-state index in [-0.39, 0.29) is 42.3 Å². The molecule has 0 aromatic carbocycles. The van der Waals surface area contributed by atoms with Crippen LogP contribution in [0.5, 0.6) is 0 Å². The van der Waals surface area contributed by atoms with Gasteiger partial charge in [0.1, 0.15) is 0 Å². The number of hydrogen-bond acceptors (Lipinski definition) is 0. The second-order valence-corrected chi connectivity index (χ2v) is 0. The van der Waals surface area contributed by atoms with Gasteiger partial charge in [0, 0.05) is 20.4 Å². The smallest absolute Gasteiger partial charge is 0 e. The Labute approximate surface area is 43.1 Å². The fourth-order valence-electron chi connectivity index (χ4n) is 0. The topological polar surface area (TPSA) is 114 Å². The van der Waals surface area contributed by atoms with Crippen LogP contribution in [0.2, 0.25) is 0 Å². The first-order valence-corrected chi connectivity index (χ1v) is 0. The summed E-state index contributed by atoms with van der Waals surface area (Å²) in [7, 11) is 0. The van der Waals surface area contributed by atoms with E-state index in [1.165, 1.54) is 0 Å². The van der Waals surface area contributed by atoms with Crippen molar-refractivity contribution < 1.29 is 42.3 Å². The third-order valence-electron chi connectivity index (χ3n) is 0. The van der Waals surface area contributed by atoms with Gasteiger partial charge in [-0.1, -0.05) is 0 Å². The maximum atomic E-state index is 0. The molecular formula is O4Re-8. The molecule has 0 heterocycles. The molecule has 0 fully saturated rings. The minimum Gasteiger partial charge on any atom is -2.00 e. The molecule has 0 aliphatic carbocycles. The first-order valence-electron chi connectivity index (χ1n) is 0. The Morgan fingerprint density at radius 2 is 0.400 bits per heavy atom. The summed E-state index contributed by atoms with van der Waals surface area (Å²) in [5, 5.41) is 0. The van der Waals surface area contributed by atoms with E-state index in [1.54, 1.807) is 0 Å². The molecule has 0 amide bonds. The zero-order valence-corrected chi connectivity index (χ0v) is 4.73. The van der Waals surface area contributed by atoms with Crippen molar-refractivity contribution in [3.8, 4) is 0 Å². The summed E-state index contributed by atoms with van der Waals surface area (Å²) in [6, 6.07) is 0. The third kappa shape index (κ3) is 112. The number of rotatable bonds is 0. The summed E-state index contributed by atoms with van der Waals surface area (Å²) in [4.78, 5) is 0. The van der Waals surface area contributed by atoms with Gasteiger partial charge in [0.25, 0.3) is 0 Å². The monoisotopic (exact) mass is 251 g/mol. The number of hydrogen-bond donors (Lipinski definition) is 0. The van der Waals surface area contributed by atoms with E-state index in [1.807, 2.05) is 0 Å². The Bertz CT molecular complexity index is 3.61. The largest absolute Gasteiger partial charge is 2.00 e. The molecule has 0 bridgehead atoms. The molecule has 0 aliphatic rings. The van der Waals surface area contributed by atoms with Crippen LogP contribution in [-0.2, 0) is 42.3 Å². The quantitative estimate of drug-likeness (QED) is 0.552. The normalized spacial score (nSPS) is 0. The van der Waals surface area contributed by atoms with Crippen LogP contribution >= 0.6 is 0 Å². The van der Waals surface area contributed by atoms with Gasteiger partial charge in [-0.25, -0.2) is 0 Å². The first kappa shape index (κ1) is 442. The Kier molecular flexibility index (Phi) is 19300. The Morgan fingerprint density at radius 1 is 0.400 bits per heavy atom. The molecule has 0 spiro atoms. The summed E-state index contributed by atoms with van der Waals surface area (Å²) < 4.78 is 0. The van der Waals surface area contributed by atoms with Crippen LogP contribution in [0.25, 0.3) is 0 Å². The minimum atomic E-state index is 0. The van der Waals surface area contributed by atoms with Crippen molar-refractivity contribution >= 4 is 0 Å². The second kappa shape index (κ2) is 219. The van der Waals surface area contributed by atoms with Gasteiger partial charge in [0.15, 0.2) is 0 Å². The SMILES string of the molecule is [O-2].[O-2].[O-2].[O-2].[Re]. The van der Waals surface area contributed by atoms with Crippen molar-refractivity contribution in [2.24, 2.45) is 0 Å². The maximum absolute atomic E-state index is 0. The van der Waals surface area contributed by atoms with Crippen molar-refractivity contribution in [3.63, 3.8) is 0 Å². The molecule has 5 heavy (non-hydrogen) atoms. The van der Waals surface area contributed by atoms with E-state index in [2.05, 4.69) is 0 Å². The van der Waals surface area contributed by atoms with Crippen LogP contribution < -0.4 is 0 Å². The summed E-state index contributed by atoms with van der Waals surface area (Å²) in [5.74, 6) is 0. The van der Waals surface area contributed by atoms with Crippen LogP contribution in [0.1, 0.15) is 0 Å². The van der Waals surface area contributed by atoms with Gasteiger partial charge >= 0.3 is 0 Å². The molecule has 1 radical (unpaired) electrons. The molecule has 0 saturated carbocycles. The molecular weight excluding hydrogens is 250 g/mol. The molecule has 0 aromatic heterocycles. The van der Waals surface area contributed by atoms with E-state index in [0.29, 0.717) is 0 Å². The van der Waals surface area contributed by atoms with Gasteiger partial charge in [-0.2, -0.15) is 0 Å². The van der Waals surface area contributed by atoms with Crippen LogP contribution in [0, 0.1) is 0 Å². The molecule has 0 aliphatic heterocycles. The predicted molar refractivity (Wildman–Crippen MR) is 2.75 cm³/mol. The average molecular weight is 250 g/mol. The van der Waals surface area contributed by atoms with E-state index in [4.69, 9.17) is 0 Å². The van der Waals surface area contributed by atoms with Gasteiger partial charge in [0.2, 0.25) is 0 Å². The Hall–Kier alpha value is 0.502. The summed E-state index contributed by atoms with van der Waals surface area (Å²) in [6.45, 7) is 0. The van der Waals surface area contributed by atoms with Crippen LogP contribution in [0.15, 0.2) is 0 Å². The van der Waals surface area contributed by atoms with Crippen molar-refractivity contribution in [1.29, 1.82) is 0 Å². The summed E-state index contributed by atoms with van der Waals surface area (Å²) in [6.07, 6.45) is 0. The second-order valence-electron chi connectivity index (χ2n) is 0. The fraction of sp³-hybridized carbons (Fsp3) is 0. The van der Waals surface area contributed by atoms with E-state index in [9.17, 15) is 0 Å². The van der Waals surface area contributed by atoms with Crippen LogP contribution in [-0.4, -0.2) is 0 Å². The van der Waals surface area contributed by atoms with Crippen LogP contribution in [0.3, 0.4) is 0 Å². The zero-order chi connectivity index (χ0) is 0.